The molecule has 0 aliphatic carbocycles. The molecule has 0 bridgehead atoms. The van der Waals surface area contributed by atoms with Crippen LogP contribution in [0.15, 0.2) is 36.4 Å². The molecule has 3 heterocycles. The highest BCUT2D eigenvalue weighted by molar-refractivity contribution is 5.69. The molecule has 1 unspecified atom stereocenters. The molecule has 0 N–H and O–H groups in total. The van der Waals surface area contributed by atoms with Gasteiger partial charge in [-0.25, -0.2) is 4.79 Å². The number of hydrogen-bond donors (Lipinski definition) is 0. The van der Waals surface area contributed by atoms with Gasteiger partial charge in [0.25, 0.3) is 0 Å². The number of likely N-dealkylation sites (tertiary alicyclic amines) is 2. The van der Waals surface area contributed by atoms with E-state index in [9.17, 15) is 4.79 Å². The van der Waals surface area contributed by atoms with Gasteiger partial charge in [0.1, 0.15) is 23.6 Å². The fourth-order valence-corrected chi connectivity index (χ4v) is 6.27. The first-order chi connectivity index (χ1) is 18.0. The normalized spacial score (nSPS) is 21.9. The minimum absolute atomic E-state index is 0.192. The Morgan fingerprint density at radius 2 is 1.74 bits per heavy atom. The van der Waals surface area contributed by atoms with Gasteiger partial charge >= 0.3 is 6.09 Å². The first-order valence-corrected chi connectivity index (χ1v) is 14.2. The summed E-state index contributed by atoms with van der Waals surface area (Å²) in [7, 11) is 0. The summed E-state index contributed by atoms with van der Waals surface area (Å²) >= 11 is 0. The summed E-state index contributed by atoms with van der Waals surface area (Å²) in [6.45, 7) is 17.1. The van der Waals surface area contributed by atoms with Crippen molar-refractivity contribution < 1.29 is 19.0 Å². The third kappa shape index (κ3) is 5.72. The second-order valence-electron chi connectivity index (χ2n) is 12.6. The van der Waals surface area contributed by atoms with E-state index in [1.165, 1.54) is 27.8 Å². The number of carbonyl (C=O) groups excluding carboxylic acids is 1. The maximum atomic E-state index is 12.4. The predicted molar refractivity (Wildman–Crippen MR) is 150 cm³/mol. The number of carbonyl (C=O) groups is 1. The van der Waals surface area contributed by atoms with Crippen LogP contribution in [0, 0.1) is 20.8 Å². The smallest absolute Gasteiger partial charge is 0.410 e. The van der Waals surface area contributed by atoms with Crippen LogP contribution >= 0.6 is 0 Å². The molecule has 2 aromatic carbocycles. The van der Waals surface area contributed by atoms with Gasteiger partial charge in [0.2, 0.25) is 0 Å². The molecule has 38 heavy (non-hydrogen) atoms. The van der Waals surface area contributed by atoms with Crippen LogP contribution in [0.25, 0.3) is 0 Å². The van der Waals surface area contributed by atoms with Crippen LogP contribution in [0.4, 0.5) is 4.79 Å². The number of rotatable bonds is 5. The fourth-order valence-electron chi connectivity index (χ4n) is 6.27. The number of aryl methyl sites for hydroxylation is 1. The summed E-state index contributed by atoms with van der Waals surface area (Å²) in [5.74, 6) is 1.58. The topological polar surface area (TPSA) is 51.2 Å². The largest absolute Gasteiger partial charge is 0.488 e. The summed E-state index contributed by atoms with van der Waals surface area (Å²) < 4.78 is 18.3. The number of ether oxygens (including phenoxy) is 3. The van der Waals surface area contributed by atoms with Crippen molar-refractivity contribution in [3.05, 3.63) is 64.2 Å². The summed E-state index contributed by atoms with van der Waals surface area (Å²) in [6.07, 6.45) is 3.00. The fraction of sp³-hybridized carbons (Fsp3) is 0.594. The molecule has 3 aliphatic heterocycles. The van der Waals surface area contributed by atoms with Gasteiger partial charge < -0.3 is 19.1 Å². The molecule has 1 spiro atoms. The molecule has 3 fully saturated rings. The van der Waals surface area contributed by atoms with E-state index in [1.807, 2.05) is 26.8 Å². The Balaban J connectivity index is 1.19. The lowest BCUT2D eigenvalue weighted by Crippen LogP contribution is -2.64. The van der Waals surface area contributed by atoms with E-state index in [4.69, 9.17) is 14.2 Å². The van der Waals surface area contributed by atoms with E-state index in [1.54, 1.807) is 4.90 Å². The second-order valence-corrected chi connectivity index (χ2v) is 12.6. The van der Waals surface area contributed by atoms with Crippen molar-refractivity contribution in [1.29, 1.82) is 0 Å². The van der Waals surface area contributed by atoms with E-state index < -0.39 is 5.60 Å². The van der Waals surface area contributed by atoms with Crippen LogP contribution in [0.3, 0.4) is 0 Å². The monoisotopic (exact) mass is 520 g/mol. The third-order valence-corrected chi connectivity index (χ3v) is 8.64. The molecule has 0 saturated carbocycles. The van der Waals surface area contributed by atoms with Crippen LogP contribution < -0.4 is 4.74 Å². The Bertz CT molecular complexity index is 1140. The van der Waals surface area contributed by atoms with E-state index in [2.05, 4.69) is 56.0 Å². The lowest BCUT2D eigenvalue weighted by Gasteiger charge is -2.47. The Morgan fingerprint density at radius 3 is 2.39 bits per heavy atom. The lowest BCUT2D eigenvalue weighted by molar-refractivity contribution is -0.109. The number of piperidine rings is 1. The average molecular weight is 521 g/mol. The third-order valence-electron chi connectivity index (χ3n) is 8.64. The molecule has 6 nitrogen and oxygen atoms in total. The lowest BCUT2D eigenvalue weighted by atomic mass is 9.84. The van der Waals surface area contributed by atoms with Gasteiger partial charge in [0, 0.05) is 6.04 Å². The minimum atomic E-state index is -0.468. The molecule has 2 aromatic rings. The molecular formula is C32H44N2O4. The van der Waals surface area contributed by atoms with Gasteiger partial charge in [-0.15, -0.1) is 0 Å². The van der Waals surface area contributed by atoms with E-state index in [0.717, 1.165) is 44.7 Å². The van der Waals surface area contributed by atoms with Crippen molar-refractivity contribution in [2.24, 2.45) is 0 Å². The van der Waals surface area contributed by atoms with E-state index in [0.29, 0.717) is 31.7 Å². The maximum Gasteiger partial charge on any atom is 0.410 e. The first kappa shape index (κ1) is 27.0. The summed E-state index contributed by atoms with van der Waals surface area (Å²) in [4.78, 5) is 16.8. The average Bonchev–Trinajstić information content (AvgIpc) is 3.31. The van der Waals surface area contributed by atoms with Crippen molar-refractivity contribution in [2.75, 3.05) is 32.8 Å². The zero-order chi connectivity index (χ0) is 27.1. The molecule has 6 heteroatoms. The van der Waals surface area contributed by atoms with Gasteiger partial charge in [-0.2, -0.15) is 0 Å². The Labute approximate surface area is 228 Å². The van der Waals surface area contributed by atoms with Gasteiger partial charge in [-0.1, -0.05) is 36.4 Å². The van der Waals surface area contributed by atoms with Crippen LogP contribution in [0.1, 0.15) is 73.8 Å². The molecule has 206 valence electrons. The molecule has 0 aromatic heterocycles. The maximum absolute atomic E-state index is 12.4. The first-order valence-electron chi connectivity index (χ1n) is 14.2. The van der Waals surface area contributed by atoms with Crippen molar-refractivity contribution in [1.82, 2.24) is 9.80 Å². The molecule has 5 rings (SSSR count). The van der Waals surface area contributed by atoms with Crippen molar-refractivity contribution >= 4 is 6.09 Å². The highest BCUT2D eigenvalue weighted by atomic mass is 16.6. The molecule has 3 saturated heterocycles. The predicted octanol–water partition coefficient (Wildman–Crippen LogP) is 6.15. The van der Waals surface area contributed by atoms with E-state index in [-0.39, 0.29) is 11.7 Å². The quantitative estimate of drug-likeness (QED) is 0.473. The highest BCUT2D eigenvalue weighted by Crippen LogP contribution is 2.42. The molecule has 1 amide bonds. The van der Waals surface area contributed by atoms with Crippen molar-refractivity contribution in [2.45, 2.75) is 90.6 Å². The Kier molecular flexibility index (Phi) is 7.49. The summed E-state index contributed by atoms with van der Waals surface area (Å²) in [5.41, 5.74) is 5.84. The van der Waals surface area contributed by atoms with E-state index >= 15 is 0 Å². The number of nitrogens with zero attached hydrogens (tertiary/aromatic N) is 2. The van der Waals surface area contributed by atoms with Gasteiger partial charge in [0.05, 0.1) is 19.7 Å². The molecule has 3 aliphatic rings. The van der Waals surface area contributed by atoms with Gasteiger partial charge in [-0.05, 0) is 108 Å². The number of benzene rings is 2. The van der Waals surface area contributed by atoms with Crippen LogP contribution in [-0.4, -0.2) is 65.9 Å². The second kappa shape index (κ2) is 10.5. The standard InChI is InChI=1S/C32H44N2O4/c1-22-16-28(29(24(3)23(22)2)36-18-25-10-8-7-9-11-25)26-12-14-33(15-13-26)27-17-32(37-19-27)20-34(21-32)30(35)38-31(4,5)6/h7-11,16,26-27H,12-15,17-21H2,1-6H3. The van der Waals surface area contributed by atoms with Crippen LogP contribution in [-0.2, 0) is 16.1 Å². The molecular weight excluding hydrogens is 476 g/mol. The molecule has 0 radical (unpaired) electrons. The summed E-state index contributed by atoms with van der Waals surface area (Å²) in [6, 6.07) is 13.2. The zero-order valence-electron chi connectivity index (χ0n) is 24.0. The summed E-state index contributed by atoms with van der Waals surface area (Å²) in [5, 5.41) is 0. The van der Waals surface area contributed by atoms with Crippen LogP contribution in [0.2, 0.25) is 0 Å². The van der Waals surface area contributed by atoms with Crippen molar-refractivity contribution in [3.63, 3.8) is 0 Å². The van der Waals surface area contributed by atoms with Gasteiger partial charge in [0.15, 0.2) is 0 Å². The Morgan fingerprint density at radius 1 is 1.05 bits per heavy atom. The van der Waals surface area contributed by atoms with Crippen molar-refractivity contribution in [3.8, 4) is 5.75 Å². The van der Waals surface area contributed by atoms with Crippen LogP contribution in [0.5, 0.6) is 5.75 Å². The SMILES string of the molecule is Cc1cc(C2CCN(C3COC4(C3)CN(C(=O)OC(C)(C)C)C4)CC2)c(OCc2ccccc2)c(C)c1C. The zero-order valence-corrected chi connectivity index (χ0v) is 24.0. The Hall–Kier alpha value is -2.57. The van der Waals surface area contributed by atoms with Gasteiger partial charge in [-0.3, -0.25) is 4.90 Å². The number of amides is 1. The minimum Gasteiger partial charge on any atom is -0.488 e. The molecule has 1 atom stereocenters. The number of hydrogen-bond acceptors (Lipinski definition) is 5. The highest BCUT2D eigenvalue weighted by Gasteiger charge is 2.53.